The number of nitrogens with one attached hydrogen (secondary N) is 1. The first-order valence-corrected chi connectivity index (χ1v) is 6.28. The third-order valence-corrected chi connectivity index (χ3v) is 3.25. The summed E-state index contributed by atoms with van der Waals surface area (Å²) in [5.74, 6) is -0.831. The van der Waals surface area contributed by atoms with Crippen LogP contribution in [0.25, 0.3) is 0 Å². The van der Waals surface area contributed by atoms with Gasteiger partial charge in [0, 0.05) is 6.54 Å². The molecule has 16 heavy (non-hydrogen) atoms. The molecule has 1 rings (SSSR count). The van der Waals surface area contributed by atoms with E-state index in [0.717, 1.165) is 18.5 Å². The SMILES string of the molecule is CC(C)(C)CCNCc1ccsc1C(=O)O. The number of aromatic carboxylic acids is 1. The number of thiophene rings is 1. The van der Waals surface area contributed by atoms with E-state index in [0.29, 0.717) is 16.8 Å². The molecule has 1 heterocycles. The van der Waals surface area contributed by atoms with Crippen LogP contribution < -0.4 is 5.32 Å². The standard InChI is InChI=1S/C12H19NO2S/c1-12(2,3)5-6-13-8-9-4-7-16-10(9)11(14)15/h4,7,13H,5-6,8H2,1-3H3,(H,14,15). The van der Waals surface area contributed by atoms with Gasteiger partial charge in [0.1, 0.15) is 4.88 Å². The van der Waals surface area contributed by atoms with E-state index in [1.807, 2.05) is 11.4 Å². The molecule has 2 N–H and O–H groups in total. The molecule has 0 saturated heterocycles. The minimum atomic E-state index is -0.831. The summed E-state index contributed by atoms with van der Waals surface area (Å²) in [4.78, 5) is 11.3. The molecular weight excluding hydrogens is 222 g/mol. The van der Waals surface area contributed by atoms with Crippen molar-refractivity contribution in [3.8, 4) is 0 Å². The summed E-state index contributed by atoms with van der Waals surface area (Å²) in [6, 6.07) is 1.87. The van der Waals surface area contributed by atoms with Crippen molar-refractivity contribution in [2.75, 3.05) is 6.54 Å². The fourth-order valence-corrected chi connectivity index (χ4v) is 2.11. The van der Waals surface area contributed by atoms with Gasteiger partial charge < -0.3 is 10.4 Å². The van der Waals surface area contributed by atoms with E-state index in [-0.39, 0.29) is 0 Å². The molecule has 0 atom stereocenters. The molecule has 0 bridgehead atoms. The van der Waals surface area contributed by atoms with Crippen LogP contribution in [0.5, 0.6) is 0 Å². The molecule has 1 aromatic heterocycles. The smallest absolute Gasteiger partial charge is 0.346 e. The van der Waals surface area contributed by atoms with Gasteiger partial charge in [-0.3, -0.25) is 0 Å². The summed E-state index contributed by atoms with van der Waals surface area (Å²) in [6.07, 6.45) is 1.08. The van der Waals surface area contributed by atoms with Crippen molar-refractivity contribution in [2.45, 2.75) is 33.7 Å². The molecular formula is C12H19NO2S. The monoisotopic (exact) mass is 241 g/mol. The van der Waals surface area contributed by atoms with Gasteiger partial charge >= 0.3 is 5.97 Å². The lowest BCUT2D eigenvalue weighted by molar-refractivity contribution is 0.0701. The van der Waals surface area contributed by atoms with Crippen molar-refractivity contribution >= 4 is 17.3 Å². The highest BCUT2D eigenvalue weighted by molar-refractivity contribution is 7.12. The second kappa shape index (κ2) is 5.46. The lowest BCUT2D eigenvalue weighted by atomic mass is 9.92. The van der Waals surface area contributed by atoms with E-state index in [9.17, 15) is 4.79 Å². The minimum Gasteiger partial charge on any atom is -0.477 e. The van der Waals surface area contributed by atoms with E-state index in [4.69, 9.17) is 5.11 Å². The Morgan fingerprint density at radius 1 is 1.50 bits per heavy atom. The number of hydrogen-bond acceptors (Lipinski definition) is 3. The summed E-state index contributed by atoms with van der Waals surface area (Å²) in [5.41, 5.74) is 1.20. The third kappa shape index (κ3) is 4.33. The zero-order chi connectivity index (χ0) is 12.2. The van der Waals surface area contributed by atoms with Crippen molar-refractivity contribution < 1.29 is 9.90 Å². The normalized spacial score (nSPS) is 11.7. The van der Waals surface area contributed by atoms with E-state index < -0.39 is 5.97 Å². The Morgan fingerprint density at radius 3 is 2.75 bits per heavy atom. The Morgan fingerprint density at radius 2 is 2.19 bits per heavy atom. The molecule has 0 unspecified atom stereocenters. The summed E-state index contributed by atoms with van der Waals surface area (Å²) < 4.78 is 0. The van der Waals surface area contributed by atoms with Crippen molar-refractivity contribution in [1.29, 1.82) is 0 Å². The lowest BCUT2D eigenvalue weighted by Crippen LogP contribution is -2.20. The molecule has 1 aromatic rings. The largest absolute Gasteiger partial charge is 0.477 e. The Kier molecular flexibility index (Phi) is 4.50. The zero-order valence-electron chi connectivity index (χ0n) is 10.0. The first-order valence-electron chi connectivity index (χ1n) is 5.40. The number of carbonyl (C=O) groups is 1. The molecule has 90 valence electrons. The molecule has 0 aliphatic carbocycles. The lowest BCUT2D eigenvalue weighted by Gasteiger charge is -2.17. The average molecular weight is 241 g/mol. The van der Waals surface area contributed by atoms with E-state index >= 15 is 0 Å². The fourth-order valence-electron chi connectivity index (χ4n) is 1.35. The molecule has 0 fully saturated rings. The highest BCUT2D eigenvalue weighted by Gasteiger charge is 2.12. The number of hydrogen-bond donors (Lipinski definition) is 2. The maximum absolute atomic E-state index is 10.9. The molecule has 0 aliphatic rings. The second-order valence-electron chi connectivity index (χ2n) is 5.07. The van der Waals surface area contributed by atoms with Gasteiger partial charge in [-0.05, 0) is 35.4 Å². The predicted octanol–water partition coefficient (Wildman–Crippen LogP) is 2.97. The van der Waals surface area contributed by atoms with Gasteiger partial charge in [-0.1, -0.05) is 20.8 Å². The van der Waals surface area contributed by atoms with Gasteiger partial charge in [0.2, 0.25) is 0 Å². The molecule has 0 spiro atoms. The van der Waals surface area contributed by atoms with Gasteiger partial charge in [0.15, 0.2) is 0 Å². The highest BCUT2D eigenvalue weighted by atomic mass is 32.1. The van der Waals surface area contributed by atoms with Crippen molar-refractivity contribution in [2.24, 2.45) is 5.41 Å². The Hall–Kier alpha value is -0.870. The fraction of sp³-hybridized carbons (Fsp3) is 0.583. The molecule has 0 aliphatic heterocycles. The summed E-state index contributed by atoms with van der Waals surface area (Å²) in [7, 11) is 0. The molecule has 0 aromatic carbocycles. The first-order chi connectivity index (χ1) is 7.40. The maximum Gasteiger partial charge on any atom is 0.346 e. The molecule has 0 radical (unpaired) electrons. The second-order valence-corrected chi connectivity index (χ2v) is 5.98. The maximum atomic E-state index is 10.9. The Balaban J connectivity index is 2.38. The van der Waals surface area contributed by atoms with Crippen LogP contribution in [-0.2, 0) is 6.54 Å². The zero-order valence-corrected chi connectivity index (χ0v) is 10.9. The quantitative estimate of drug-likeness (QED) is 0.779. The van der Waals surface area contributed by atoms with Crippen molar-refractivity contribution in [3.05, 3.63) is 21.9 Å². The van der Waals surface area contributed by atoms with Gasteiger partial charge in [0.05, 0.1) is 0 Å². The van der Waals surface area contributed by atoms with E-state index in [2.05, 4.69) is 26.1 Å². The van der Waals surface area contributed by atoms with Crippen LogP contribution >= 0.6 is 11.3 Å². The third-order valence-electron chi connectivity index (χ3n) is 2.31. The van der Waals surface area contributed by atoms with E-state index in [1.165, 1.54) is 11.3 Å². The molecule has 0 saturated carbocycles. The van der Waals surface area contributed by atoms with Gasteiger partial charge in [-0.15, -0.1) is 11.3 Å². The summed E-state index contributed by atoms with van der Waals surface area (Å²) in [5, 5.41) is 14.0. The Labute approximate surface area is 100 Å². The Bertz CT molecular complexity index is 352. The number of carboxylic acid groups (broad SMARTS) is 1. The summed E-state index contributed by atoms with van der Waals surface area (Å²) >= 11 is 1.28. The molecule has 3 nitrogen and oxygen atoms in total. The van der Waals surface area contributed by atoms with Gasteiger partial charge in [-0.25, -0.2) is 4.79 Å². The van der Waals surface area contributed by atoms with E-state index in [1.54, 1.807) is 0 Å². The van der Waals surface area contributed by atoms with Crippen LogP contribution in [-0.4, -0.2) is 17.6 Å². The minimum absolute atomic E-state index is 0.317. The van der Waals surface area contributed by atoms with Crippen LogP contribution in [0, 0.1) is 5.41 Å². The van der Waals surface area contributed by atoms with Gasteiger partial charge in [-0.2, -0.15) is 0 Å². The van der Waals surface area contributed by atoms with Crippen LogP contribution in [0.15, 0.2) is 11.4 Å². The van der Waals surface area contributed by atoms with Crippen LogP contribution in [0.3, 0.4) is 0 Å². The molecule has 4 heteroatoms. The van der Waals surface area contributed by atoms with Crippen LogP contribution in [0.2, 0.25) is 0 Å². The summed E-state index contributed by atoms with van der Waals surface area (Å²) in [6.45, 7) is 8.14. The first kappa shape index (κ1) is 13.2. The number of rotatable bonds is 5. The van der Waals surface area contributed by atoms with Crippen LogP contribution in [0.4, 0.5) is 0 Å². The molecule has 0 amide bonds. The highest BCUT2D eigenvalue weighted by Crippen LogP contribution is 2.18. The number of carboxylic acids is 1. The predicted molar refractivity (Wildman–Crippen MR) is 67.1 cm³/mol. The van der Waals surface area contributed by atoms with Crippen LogP contribution in [0.1, 0.15) is 42.4 Å². The van der Waals surface area contributed by atoms with Gasteiger partial charge in [0.25, 0.3) is 0 Å². The van der Waals surface area contributed by atoms with Crippen molar-refractivity contribution in [1.82, 2.24) is 5.32 Å². The average Bonchev–Trinajstić information content (AvgIpc) is 2.58. The van der Waals surface area contributed by atoms with Crippen molar-refractivity contribution in [3.63, 3.8) is 0 Å². The topological polar surface area (TPSA) is 49.3 Å².